The maximum Gasteiger partial charge on any atom is 0.252 e. The SMILES string of the molecule is CC(C)(C)c1ccc2c(c1)c1ccccc1n2-c1ccc(-c2cc(-c3ccccc3)nc(-c3ccccc3)n2)cc1-c1nc(-c2ccccc2)cc(-c2cccc(-c3cccc(N4c5ccccc5B5c6ccccc6N(c6ccccc6)c6cccc4c65)c3)c2)n1. The summed E-state index contributed by atoms with van der Waals surface area (Å²) in [5.41, 5.74) is 26.3. The summed E-state index contributed by atoms with van der Waals surface area (Å²) in [6.45, 7) is 6.89. The van der Waals surface area contributed by atoms with E-state index in [0.717, 1.165) is 95.4 Å². The summed E-state index contributed by atoms with van der Waals surface area (Å²) in [6, 6.07) is 111. The van der Waals surface area contributed by atoms with Crippen LogP contribution in [0.2, 0.25) is 0 Å². The Hall–Kier alpha value is -11.7. The van der Waals surface area contributed by atoms with E-state index in [1.54, 1.807) is 0 Å². The van der Waals surface area contributed by atoms with Gasteiger partial charge < -0.3 is 14.4 Å². The molecule has 0 saturated heterocycles. The Kier molecular flexibility index (Phi) is 13.1. The van der Waals surface area contributed by atoms with E-state index in [-0.39, 0.29) is 12.1 Å². The molecule has 2 aliphatic heterocycles. The number of hydrogen-bond acceptors (Lipinski definition) is 6. The van der Waals surface area contributed by atoms with Crippen molar-refractivity contribution in [3.05, 3.63) is 315 Å². The quantitative estimate of drug-likeness (QED) is 0.127. The molecule has 0 aliphatic carbocycles. The molecule has 2 aliphatic rings. The third kappa shape index (κ3) is 9.37. The zero-order valence-corrected chi connectivity index (χ0v) is 51.2. The van der Waals surface area contributed by atoms with Crippen molar-refractivity contribution in [2.24, 2.45) is 0 Å². The minimum absolute atomic E-state index is 0.0490. The van der Waals surface area contributed by atoms with Crippen LogP contribution in [0.15, 0.2) is 309 Å². The van der Waals surface area contributed by atoms with Crippen molar-refractivity contribution < 1.29 is 0 Å². The van der Waals surface area contributed by atoms with Crippen molar-refractivity contribution in [3.8, 4) is 84.6 Å². The average molecular weight is 1180 g/mol. The van der Waals surface area contributed by atoms with Crippen molar-refractivity contribution in [3.63, 3.8) is 0 Å². The topological polar surface area (TPSA) is 63.0 Å². The summed E-state index contributed by atoms with van der Waals surface area (Å²) in [5.74, 6) is 1.24. The summed E-state index contributed by atoms with van der Waals surface area (Å²) in [7, 11) is 0. The number of hydrogen-bond donors (Lipinski definition) is 0. The second-order valence-electron chi connectivity index (χ2n) is 25.0. The van der Waals surface area contributed by atoms with Gasteiger partial charge in [-0.3, -0.25) is 0 Å². The van der Waals surface area contributed by atoms with E-state index in [2.05, 4.69) is 320 Å². The molecule has 5 heterocycles. The van der Waals surface area contributed by atoms with Crippen LogP contribution in [0.3, 0.4) is 0 Å². The van der Waals surface area contributed by atoms with Gasteiger partial charge in [-0.2, -0.15) is 0 Å². The van der Waals surface area contributed by atoms with Gasteiger partial charge in [0.25, 0.3) is 6.71 Å². The van der Waals surface area contributed by atoms with E-state index in [0.29, 0.717) is 11.6 Å². The molecular formula is C84H60BN7. The monoisotopic (exact) mass is 1180 g/mol. The lowest BCUT2D eigenvalue weighted by Gasteiger charge is -2.44. The molecule has 7 nitrogen and oxygen atoms in total. The Morgan fingerprint density at radius 2 is 0.750 bits per heavy atom. The number of aromatic nitrogens is 5. The molecule has 0 unspecified atom stereocenters. The molecule has 0 bridgehead atoms. The van der Waals surface area contributed by atoms with Crippen LogP contribution in [0.5, 0.6) is 0 Å². The molecule has 3 aromatic heterocycles. The van der Waals surface area contributed by atoms with Gasteiger partial charge in [0, 0.05) is 78.3 Å². The number of para-hydroxylation sites is 4. The zero-order chi connectivity index (χ0) is 61.4. The molecule has 0 radical (unpaired) electrons. The van der Waals surface area contributed by atoms with Crippen molar-refractivity contribution >= 4 is 79.0 Å². The van der Waals surface area contributed by atoms with Crippen LogP contribution >= 0.6 is 0 Å². The van der Waals surface area contributed by atoms with E-state index in [1.165, 1.54) is 55.5 Å². The lowest BCUT2D eigenvalue weighted by Crippen LogP contribution is -2.61. The van der Waals surface area contributed by atoms with Crippen LogP contribution in [-0.2, 0) is 5.41 Å². The standard InChI is InChI=1S/C84H60BN7/c1-84(2,3)62-46-48-75-66(52-62)65-37-16-19-40-74(65)92(75)76-47-45-61(73-53-70(55-25-8-4-9-26-55)86-82(87-73)57-29-12-6-13-30-57)51-67(76)83-88-71(56-27-10-5-11-28-56)54-72(89-83)60-33-22-31-58(49-60)59-32-23-36-64(50-59)91-78-42-21-18-39-69(78)85-68-38-17-20-41-77(68)90(63-34-14-7-15-35-63)79-43-24-44-80(91)81(79)85/h4-54H,1-3H3. The Morgan fingerprint density at radius 3 is 1.39 bits per heavy atom. The van der Waals surface area contributed by atoms with Crippen LogP contribution in [0.1, 0.15) is 26.3 Å². The highest BCUT2D eigenvalue weighted by atomic mass is 15.2. The molecule has 17 rings (SSSR count). The molecule has 15 aromatic rings. The molecule has 0 atom stereocenters. The molecule has 12 aromatic carbocycles. The van der Waals surface area contributed by atoms with Gasteiger partial charge in [-0.05, 0) is 136 Å². The zero-order valence-electron chi connectivity index (χ0n) is 51.2. The first kappa shape index (κ1) is 54.4. The van der Waals surface area contributed by atoms with Crippen molar-refractivity contribution in [1.82, 2.24) is 24.5 Å². The first-order chi connectivity index (χ1) is 45.3. The number of anilines is 6. The van der Waals surface area contributed by atoms with Crippen LogP contribution in [0.25, 0.3) is 106 Å². The lowest BCUT2D eigenvalue weighted by atomic mass is 9.33. The summed E-state index contributed by atoms with van der Waals surface area (Å²) >= 11 is 0. The average Bonchev–Trinajstić information content (AvgIpc) is 0.858. The third-order valence-corrected chi connectivity index (χ3v) is 18.4. The highest BCUT2D eigenvalue weighted by Gasteiger charge is 2.43. The molecule has 92 heavy (non-hydrogen) atoms. The molecule has 0 fully saturated rings. The predicted molar refractivity (Wildman–Crippen MR) is 383 cm³/mol. The van der Waals surface area contributed by atoms with Gasteiger partial charge >= 0.3 is 0 Å². The van der Waals surface area contributed by atoms with E-state index in [1.807, 2.05) is 24.3 Å². The molecule has 0 saturated carbocycles. The summed E-state index contributed by atoms with van der Waals surface area (Å²) in [6.07, 6.45) is 0. The van der Waals surface area contributed by atoms with Crippen molar-refractivity contribution in [2.75, 3.05) is 9.80 Å². The normalized spacial score (nSPS) is 12.4. The number of benzene rings is 12. The molecular weight excluding hydrogens is 1120 g/mol. The van der Waals surface area contributed by atoms with Gasteiger partial charge in [0.05, 0.1) is 39.5 Å². The maximum atomic E-state index is 5.72. The smallest absolute Gasteiger partial charge is 0.252 e. The van der Waals surface area contributed by atoms with Crippen LogP contribution in [0, 0.1) is 0 Å². The third-order valence-electron chi connectivity index (χ3n) is 18.4. The highest BCUT2D eigenvalue weighted by Crippen LogP contribution is 2.46. The fraction of sp³-hybridized carbons (Fsp3) is 0.0476. The second-order valence-corrected chi connectivity index (χ2v) is 25.0. The second kappa shape index (κ2) is 22.1. The van der Waals surface area contributed by atoms with Crippen molar-refractivity contribution in [2.45, 2.75) is 26.2 Å². The Bertz CT molecular complexity index is 5290. The maximum absolute atomic E-state index is 5.72. The number of fused-ring (bicyclic) bond motifs is 7. The Labute approximate surface area is 536 Å². The van der Waals surface area contributed by atoms with Gasteiger partial charge in [-0.25, -0.2) is 19.9 Å². The van der Waals surface area contributed by atoms with Gasteiger partial charge in [0.1, 0.15) is 0 Å². The number of nitrogens with zero attached hydrogens (tertiary/aromatic N) is 7. The molecule has 0 spiro atoms. The summed E-state index contributed by atoms with van der Waals surface area (Å²) < 4.78 is 2.40. The first-order valence-corrected chi connectivity index (χ1v) is 31.6. The Morgan fingerprint density at radius 1 is 0.293 bits per heavy atom. The van der Waals surface area contributed by atoms with Gasteiger partial charge in [0.15, 0.2) is 11.6 Å². The van der Waals surface area contributed by atoms with Gasteiger partial charge in [-0.1, -0.05) is 233 Å². The minimum atomic E-state index is -0.0490. The molecule has 8 heteroatoms. The van der Waals surface area contributed by atoms with Crippen LogP contribution in [0.4, 0.5) is 34.1 Å². The van der Waals surface area contributed by atoms with Crippen LogP contribution < -0.4 is 26.2 Å². The molecule has 434 valence electrons. The minimum Gasteiger partial charge on any atom is -0.311 e. The molecule has 0 amide bonds. The first-order valence-electron chi connectivity index (χ1n) is 31.6. The number of rotatable bonds is 10. The Balaban J connectivity index is 0.838. The summed E-state index contributed by atoms with van der Waals surface area (Å²) in [4.78, 5) is 26.8. The fourth-order valence-corrected chi connectivity index (χ4v) is 14.0. The van der Waals surface area contributed by atoms with E-state index < -0.39 is 0 Å². The predicted octanol–water partition coefficient (Wildman–Crippen LogP) is 19.4. The van der Waals surface area contributed by atoms with E-state index >= 15 is 0 Å². The van der Waals surface area contributed by atoms with E-state index in [4.69, 9.17) is 19.9 Å². The van der Waals surface area contributed by atoms with E-state index in [9.17, 15) is 0 Å². The van der Waals surface area contributed by atoms with Gasteiger partial charge in [0.2, 0.25) is 0 Å². The largest absolute Gasteiger partial charge is 0.311 e. The highest BCUT2D eigenvalue weighted by molar-refractivity contribution is 7.00. The molecule has 0 N–H and O–H groups in total. The van der Waals surface area contributed by atoms with Gasteiger partial charge in [-0.15, -0.1) is 0 Å². The summed E-state index contributed by atoms with van der Waals surface area (Å²) in [5, 5.41) is 2.37. The van der Waals surface area contributed by atoms with Crippen LogP contribution in [-0.4, -0.2) is 31.2 Å². The van der Waals surface area contributed by atoms with Crippen molar-refractivity contribution in [1.29, 1.82) is 0 Å². The lowest BCUT2D eigenvalue weighted by molar-refractivity contribution is 0.591. The fourth-order valence-electron chi connectivity index (χ4n) is 14.0.